The van der Waals surface area contributed by atoms with Gasteiger partial charge < -0.3 is 20.3 Å². The molecule has 0 aliphatic carbocycles. The third-order valence-corrected chi connectivity index (χ3v) is 8.11. The first-order valence-corrected chi connectivity index (χ1v) is 16.7. The second kappa shape index (κ2) is 16.3. The van der Waals surface area contributed by atoms with Gasteiger partial charge in [0, 0.05) is 18.7 Å². The summed E-state index contributed by atoms with van der Waals surface area (Å²) in [6, 6.07) is 27.5. The Labute approximate surface area is 279 Å². The zero-order valence-corrected chi connectivity index (χ0v) is 28.6. The second-order valence-corrected chi connectivity index (χ2v) is 13.3. The average molecular weight is 636 g/mol. The van der Waals surface area contributed by atoms with Crippen LogP contribution in [0.2, 0.25) is 0 Å². The van der Waals surface area contributed by atoms with Gasteiger partial charge in [0.2, 0.25) is 5.91 Å². The van der Waals surface area contributed by atoms with Crippen molar-refractivity contribution in [2.24, 2.45) is 0 Å². The highest BCUT2D eigenvalue weighted by molar-refractivity contribution is 6.00. The van der Waals surface area contributed by atoms with Crippen molar-refractivity contribution < 1.29 is 19.1 Å². The number of aryl methyl sites for hydroxylation is 2. The SMILES string of the molecule is CCCCCCN(C(=O)C(Cc1ccccc1)NC(=O)OC(C)(C)C)C(C(=O)Nc1ccc2ccccc2c1)c1cc(C)ccc1C. The largest absolute Gasteiger partial charge is 0.444 e. The molecule has 0 radical (unpaired) electrons. The van der Waals surface area contributed by atoms with E-state index in [1.807, 2.05) is 105 Å². The van der Waals surface area contributed by atoms with E-state index < -0.39 is 23.8 Å². The number of fused-ring (bicyclic) bond motifs is 1. The lowest BCUT2D eigenvalue weighted by atomic mass is 9.95. The molecule has 7 nitrogen and oxygen atoms in total. The fraction of sp³-hybridized carbons (Fsp3) is 0.375. The summed E-state index contributed by atoms with van der Waals surface area (Å²) in [5, 5.41) is 8.07. The molecular weight excluding hydrogens is 586 g/mol. The van der Waals surface area contributed by atoms with E-state index in [0.717, 1.165) is 52.3 Å². The molecule has 0 spiro atoms. The van der Waals surface area contributed by atoms with Crippen LogP contribution in [0.3, 0.4) is 0 Å². The Morgan fingerprint density at radius 1 is 0.809 bits per heavy atom. The van der Waals surface area contributed by atoms with E-state index in [0.29, 0.717) is 18.7 Å². The molecule has 4 rings (SSSR count). The smallest absolute Gasteiger partial charge is 0.408 e. The monoisotopic (exact) mass is 635 g/mol. The number of amides is 3. The number of anilines is 1. The summed E-state index contributed by atoms with van der Waals surface area (Å²) in [5.41, 5.74) is 3.43. The van der Waals surface area contributed by atoms with Crippen LogP contribution in [-0.4, -0.2) is 41.0 Å². The van der Waals surface area contributed by atoms with Crippen molar-refractivity contribution in [3.63, 3.8) is 0 Å². The number of nitrogens with zero attached hydrogens (tertiary/aromatic N) is 1. The zero-order chi connectivity index (χ0) is 34.0. The van der Waals surface area contributed by atoms with Gasteiger partial charge in [-0.3, -0.25) is 9.59 Å². The van der Waals surface area contributed by atoms with Gasteiger partial charge in [-0.15, -0.1) is 0 Å². The highest BCUT2D eigenvalue weighted by atomic mass is 16.6. The topological polar surface area (TPSA) is 87.7 Å². The molecule has 0 aliphatic rings. The molecule has 2 atom stereocenters. The van der Waals surface area contributed by atoms with Crippen LogP contribution >= 0.6 is 0 Å². The van der Waals surface area contributed by atoms with E-state index in [-0.39, 0.29) is 18.2 Å². The van der Waals surface area contributed by atoms with Crippen molar-refractivity contribution in [3.05, 3.63) is 113 Å². The van der Waals surface area contributed by atoms with E-state index in [2.05, 4.69) is 17.6 Å². The number of benzene rings is 4. The minimum Gasteiger partial charge on any atom is -0.444 e. The molecule has 3 amide bonds. The lowest BCUT2D eigenvalue weighted by molar-refractivity contribution is -0.140. The molecule has 4 aromatic carbocycles. The van der Waals surface area contributed by atoms with Gasteiger partial charge in [-0.25, -0.2) is 4.79 Å². The van der Waals surface area contributed by atoms with Crippen molar-refractivity contribution in [1.29, 1.82) is 0 Å². The first-order chi connectivity index (χ1) is 22.4. The van der Waals surface area contributed by atoms with Crippen LogP contribution < -0.4 is 10.6 Å². The van der Waals surface area contributed by atoms with Crippen LogP contribution in [0.5, 0.6) is 0 Å². The molecule has 0 fully saturated rings. The molecule has 0 aromatic heterocycles. The maximum Gasteiger partial charge on any atom is 0.408 e. The third kappa shape index (κ3) is 10.2. The Balaban J connectivity index is 1.78. The molecule has 0 bridgehead atoms. The van der Waals surface area contributed by atoms with Gasteiger partial charge in [-0.1, -0.05) is 111 Å². The molecule has 2 N–H and O–H groups in total. The highest BCUT2D eigenvalue weighted by Crippen LogP contribution is 2.30. The Hall–Kier alpha value is -4.65. The summed E-state index contributed by atoms with van der Waals surface area (Å²) >= 11 is 0. The average Bonchev–Trinajstić information content (AvgIpc) is 3.03. The summed E-state index contributed by atoms with van der Waals surface area (Å²) in [6.07, 6.45) is 3.25. The van der Waals surface area contributed by atoms with Crippen LogP contribution in [0, 0.1) is 13.8 Å². The predicted molar refractivity (Wildman–Crippen MR) is 190 cm³/mol. The van der Waals surface area contributed by atoms with Gasteiger partial charge in [0.15, 0.2) is 0 Å². The second-order valence-electron chi connectivity index (χ2n) is 13.3. The Kier molecular flexibility index (Phi) is 12.2. The normalized spacial score (nSPS) is 12.6. The number of hydrogen-bond donors (Lipinski definition) is 2. The number of rotatable bonds is 13. The highest BCUT2D eigenvalue weighted by Gasteiger charge is 2.37. The van der Waals surface area contributed by atoms with Gasteiger partial charge in [-0.05, 0) is 80.6 Å². The molecular formula is C40H49N3O4. The fourth-order valence-corrected chi connectivity index (χ4v) is 5.76. The molecule has 47 heavy (non-hydrogen) atoms. The van der Waals surface area contributed by atoms with Gasteiger partial charge in [0.25, 0.3) is 5.91 Å². The molecule has 2 unspecified atom stereocenters. The lowest BCUT2D eigenvalue weighted by Crippen LogP contribution is -2.53. The third-order valence-electron chi connectivity index (χ3n) is 8.11. The molecule has 0 heterocycles. The Morgan fingerprint density at radius 3 is 2.21 bits per heavy atom. The van der Waals surface area contributed by atoms with E-state index in [1.165, 1.54) is 0 Å². The van der Waals surface area contributed by atoms with Crippen LogP contribution in [-0.2, 0) is 20.7 Å². The molecule has 0 saturated carbocycles. The van der Waals surface area contributed by atoms with Gasteiger partial charge in [0.1, 0.15) is 17.7 Å². The number of carbonyl (C=O) groups excluding carboxylic acids is 3. The molecule has 248 valence electrons. The van der Waals surface area contributed by atoms with Crippen molar-refractivity contribution >= 4 is 34.4 Å². The molecule has 4 aromatic rings. The van der Waals surface area contributed by atoms with Crippen molar-refractivity contribution in [2.45, 2.75) is 91.3 Å². The quantitative estimate of drug-likeness (QED) is 0.144. The molecule has 0 saturated heterocycles. The minimum absolute atomic E-state index is 0.246. The van der Waals surface area contributed by atoms with E-state index >= 15 is 0 Å². The van der Waals surface area contributed by atoms with E-state index in [9.17, 15) is 14.4 Å². The standard InChI is InChI=1S/C40H49N3O4/c1-7-8-9-15-24-43(38(45)35(26-30-16-11-10-12-17-30)42-39(46)47-40(4,5)6)36(34-25-28(2)20-21-29(34)3)37(44)41-33-23-22-31-18-13-14-19-32(31)27-33/h10-14,16-23,25,27,35-36H,7-9,15,24,26H2,1-6H3,(H,41,44)(H,42,46). The number of unbranched alkanes of at least 4 members (excludes halogenated alkanes) is 3. The number of alkyl carbamates (subject to hydrolysis) is 1. The summed E-state index contributed by atoms with van der Waals surface area (Å²) in [4.78, 5) is 44.1. The van der Waals surface area contributed by atoms with Gasteiger partial charge in [-0.2, -0.15) is 0 Å². The number of nitrogens with one attached hydrogen (secondary N) is 2. The summed E-state index contributed by atoms with van der Waals surface area (Å²) in [6.45, 7) is 11.8. The van der Waals surface area contributed by atoms with Crippen molar-refractivity contribution in [3.8, 4) is 0 Å². The fourth-order valence-electron chi connectivity index (χ4n) is 5.76. The van der Waals surface area contributed by atoms with E-state index in [1.54, 1.807) is 25.7 Å². The number of ether oxygens (including phenoxy) is 1. The maximum atomic E-state index is 14.8. The van der Waals surface area contributed by atoms with E-state index in [4.69, 9.17) is 4.74 Å². The van der Waals surface area contributed by atoms with Gasteiger partial charge in [0.05, 0.1) is 0 Å². The number of carbonyl (C=O) groups is 3. The van der Waals surface area contributed by atoms with Crippen LogP contribution in [0.4, 0.5) is 10.5 Å². The van der Waals surface area contributed by atoms with Gasteiger partial charge >= 0.3 is 6.09 Å². The van der Waals surface area contributed by atoms with Crippen LogP contribution in [0.15, 0.2) is 91.0 Å². The maximum absolute atomic E-state index is 14.8. The van der Waals surface area contributed by atoms with Crippen LogP contribution in [0.25, 0.3) is 10.8 Å². The molecule has 0 aliphatic heterocycles. The predicted octanol–water partition coefficient (Wildman–Crippen LogP) is 8.68. The molecule has 7 heteroatoms. The summed E-state index contributed by atoms with van der Waals surface area (Å²) in [5.74, 6) is -0.649. The number of hydrogen-bond acceptors (Lipinski definition) is 4. The minimum atomic E-state index is -0.959. The van der Waals surface area contributed by atoms with Crippen molar-refractivity contribution in [1.82, 2.24) is 10.2 Å². The first-order valence-electron chi connectivity index (χ1n) is 16.7. The first kappa shape index (κ1) is 35.2. The Morgan fingerprint density at radius 2 is 1.51 bits per heavy atom. The zero-order valence-electron chi connectivity index (χ0n) is 28.6. The summed E-state index contributed by atoms with van der Waals surface area (Å²) in [7, 11) is 0. The lowest BCUT2D eigenvalue weighted by Gasteiger charge is -2.35. The Bertz CT molecular complexity index is 1660. The van der Waals surface area contributed by atoms with Crippen molar-refractivity contribution in [2.75, 3.05) is 11.9 Å². The van der Waals surface area contributed by atoms with Crippen LogP contribution in [0.1, 0.15) is 81.7 Å². The summed E-state index contributed by atoms with van der Waals surface area (Å²) < 4.78 is 5.59.